The molecule has 0 fully saturated rings. The molecule has 0 unspecified atom stereocenters. The van der Waals surface area contributed by atoms with Crippen LogP contribution in [0.4, 0.5) is 5.69 Å². The molecule has 3 rings (SSSR count). The van der Waals surface area contributed by atoms with Gasteiger partial charge >= 0.3 is 0 Å². The fourth-order valence-electron chi connectivity index (χ4n) is 2.20. The lowest BCUT2D eigenvalue weighted by Crippen LogP contribution is -2.13. The summed E-state index contributed by atoms with van der Waals surface area (Å²) in [5.41, 5.74) is 4.35. The van der Waals surface area contributed by atoms with E-state index in [4.69, 9.17) is 0 Å². The van der Waals surface area contributed by atoms with Crippen molar-refractivity contribution < 1.29 is 4.79 Å². The monoisotopic (exact) mass is 292 g/mol. The first-order valence-electron chi connectivity index (χ1n) is 6.99. The first-order valence-corrected chi connectivity index (χ1v) is 6.99. The minimum atomic E-state index is -0.143. The molecule has 5 heteroatoms. The molecule has 1 amide bonds. The van der Waals surface area contributed by atoms with Gasteiger partial charge in [-0.15, -0.1) is 5.10 Å². The summed E-state index contributed by atoms with van der Waals surface area (Å²) in [6, 6.07) is 13.3. The lowest BCUT2D eigenvalue weighted by Gasteiger charge is -2.10. The van der Waals surface area contributed by atoms with E-state index in [1.165, 1.54) is 0 Å². The van der Waals surface area contributed by atoms with Gasteiger partial charge in [-0.25, -0.2) is 4.68 Å². The predicted molar refractivity (Wildman–Crippen MR) is 85.2 cm³/mol. The summed E-state index contributed by atoms with van der Waals surface area (Å²) < 4.78 is 1.62. The molecule has 0 saturated carbocycles. The van der Waals surface area contributed by atoms with Crippen molar-refractivity contribution in [1.82, 2.24) is 15.0 Å². The second kappa shape index (κ2) is 5.81. The molecule has 0 saturated heterocycles. The summed E-state index contributed by atoms with van der Waals surface area (Å²) >= 11 is 0. The summed E-state index contributed by atoms with van der Waals surface area (Å²) in [6.07, 6.45) is 3.34. The van der Waals surface area contributed by atoms with Gasteiger partial charge in [0, 0.05) is 11.3 Å². The van der Waals surface area contributed by atoms with Crippen molar-refractivity contribution in [2.45, 2.75) is 13.8 Å². The van der Waals surface area contributed by atoms with Crippen LogP contribution in [0.5, 0.6) is 0 Å². The molecule has 0 aliphatic heterocycles. The van der Waals surface area contributed by atoms with E-state index in [1.807, 2.05) is 44.2 Å². The van der Waals surface area contributed by atoms with Crippen molar-refractivity contribution in [2.75, 3.05) is 5.32 Å². The zero-order valence-electron chi connectivity index (χ0n) is 12.4. The highest BCUT2D eigenvalue weighted by atomic mass is 16.1. The van der Waals surface area contributed by atoms with Gasteiger partial charge in [0.25, 0.3) is 5.91 Å². The second-order valence-corrected chi connectivity index (χ2v) is 5.17. The first-order chi connectivity index (χ1) is 10.6. The molecule has 0 atom stereocenters. The highest BCUT2D eigenvalue weighted by Crippen LogP contribution is 2.18. The van der Waals surface area contributed by atoms with Crippen LogP contribution in [0.25, 0.3) is 5.69 Å². The predicted octanol–water partition coefficient (Wildman–Crippen LogP) is 3.14. The van der Waals surface area contributed by atoms with Gasteiger partial charge in [0.2, 0.25) is 0 Å². The van der Waals surface area contributed by atoms with Crippen molar-refractivity contribution in [3.8, 4) is 5.69 Å². The van der Waals surface area contributed by atoms with Gasteiger partial charge in [0.05, 0.1) is 18.1 Å². The Bertz CT molecular complexity index is 809. The van der Waals surface area contributed by atoms with Gasteiger partial charge < -0.3 is 5.32 Å². The average Bonchev–Trinajstić information content (AvgIpc) is 3.05. The molecular weight excluding hydrogens is 276 g/mol. The maximum absolute atomic E-state index is 12.4. The van der Waals surface area contributed by atoms with Crippen molar-refractivity contribution in [3.63, 3.8) is 0 Å². The molecule has 1 N–H and O–H groups in total. The zero-order chi connectivity index (χ0) is 15.5. The van der Waals surface area contributed by atoms with Crippen LogP contribution in [-0.2, 0) is 0 Å². The van der Waals surface area contributed by atoms with Crippen LogP contribution in [0, 0.1) is 13.8 Å². The second-order valence-electron chi connectivity index (χ2n) is 5.17. The molecule has 1 heterocycles. The fourth-order valence-corrected chi connectivity index (χ4v) is 2.20. The summed E-state index contributed by atoms with van der Waals surface area (Å²) in [5, 5.41) is 10.7. The number of nitrogens with one attached hydrogen (secondary N) is 1. The van der Waals surface area contributed by atoms with Crippen LogP contribution in [0.2, 0.25) is 0 Å². The first kappa shape index (κ1) is 14.0. The largest absolute Gasteiger partial charge is 0.322 e. The Morgan fingerprint density at radius 2 is 2.00 bits per heavy atom. The molecule has 0 spiro atoms. The Hall–Kier alpha value is -2.95. The Kier molecular flexibility index (Phi) is 3.70. The van der Waals surface area contributed by atoms with Crippen LogP contribution in [-0.4, -0.2) is 20.9 Å². The summed E-state index contributed by atoms with van der Waals surface area (Å²) in [5.74, 6) is -0.143. The molecule has 2 aromatic carbocycles. The molecular formula is C17H16N4O. The van der Waals surface area contributed by atoms with E-state index in [1.54, 1.807) is 29.2 Å². The normalized spacial score (nSPS) is 10.5. The Labute approximate surface area is 128 Å². The van der Waals surface area contributed by atoms with Gasteiger partial charge in [0.15, 0.2) is 0 Å². The van der Waals surface area contributed by atoms with E-state index in [0.29, 0.717) is 5.56 Å². The van der Waals surface area contributed by atoms with Crippen LogP contribution < -0.4 is 5.32 Å². The lowest BCUT2D eigenvalue weighted by molar-refractivity contribution is 0.102. The SMILES string of the molecule is Cc1ccc(C)c(NC(=O)c2cccc(-n3ccnn3)c2)c1. The lowest BCUT2D eigenvalue weighted by atomic mass is 10.1. The number of anilines is 1. The molecule has 0 bridgehead atoms. The Morgan fingerprint density at radius 3 is 2.77 bits per heavy atom. The van der Waals surface area contributed by atoms with E-state index < -0.39 is 0 Å². The van der Waals surface area contributed by atoms with Crippen molar-refractivity contribution in [2.24, 2.45) is 0 Å². The van der Waals surface area contributed by atoms with E-state index in [0.717, 1.165) is 22.5 Å². The third-order valence-electron chi connectivity index (χ3n) is 3.44. The molecule has 0 aliphatic carbocycles. The number of hydrogen-bond acceptors (Lipinski definition) is 3. The number of hydrogen-bond donors (Lipinski definition) is 1. The number of amides is 1. The molecule has 1 aromatic heterocycles. The van der Waals surface area contributed by atoms with Crippen LogP contribution in [0.1, 0.15) is 21.5 Å². The van der Waals surface area contributed by atoms with Gasteiger partial charge in [-0.05, 0) is 49.2 Å². The smallest absolute Gasteiger partial charge is 0.255 e. The van der Waals surface area contributed by atoms with Gasteiger partial charge in [-0.3, -0.25) is 4.79 Å². The summed E-state index contributed by atoms with van der Waals surface area (Å²) in [4.78, 5) is 12.4. The molecule has 0 radical (unpaired) electrons. The fraction of sp³-hybridized carbons (Fsp3) is 0.118. The highest BCUT2D eigenvalue weighted by molar-refractivity contribution is 6.05. The van der Waals surface area contributed by atoms with E-state index >= 15 is 0 Å². The number of carbonyl (C=O) groups excluding carboxylic acids is 1. The molecule has 0 aliphatic rings. The minimum absolute atomic E-state index is 0.143. The molecule has 110 valence electrons. The van der Waals surface area contributed by atoms with Crippen LogP contribution in [0.15, 0.2) is 54.9 Å². The van der Waals surface area contributed by atoms with Crippen LogP contribution >= 0.6 is 0 Å². The van der Waals surface area contributed by atoms with Gasteiger partial charge in [0.1, 0.15) is 0 Å². The van der Waals surface area contributed by atoms with Gasteiger partial charge in [-0.1, -0.05) is 23.4 Å². The van der Waals surface area contributed by atoms with Crippen molar-refractivity contribution >= 4 is 11.6 Å². The maximum Gasteiger partial charge on any atom is 0.255 e. The van der Waals surface area contributed by atoms with Gasteiger partial charge in [-0.2, -0.15) is 0 Å². The minimum Gasteiger partial charge on any atom is -0.322 e. The Balaban J connectivity index is 1.86. The molecule has 22 heavy (non-hydrogen) atoms. The average molecular weight is 292 g/mol. The van der Waals surface area contributed by atoms with Crippen molar-refractivity contribution in [1.29, 1.82) is 0 Å². The quantitative estimate of drug-likeness (QED) is 0.806. The third kappa shape index (κ3) is 2.88. The maximum atomic E-state index is 12.4. The number of benzene rings is 2. The number of aromatic nitrogens is 3. The van der Waals surface area contributed by atoms with E-state index in [2.05, 4.69) is 15.6 Å². The number of nitrogens with zero attached hydrogens (tertiary/aromatic N) is 3. The topological polar surface area (TPSA) is 59.8 Å². The van der Waals surface area contributed by atoms with E-state index in [9.17, 15) is 4.79 Å². The summed E-state index contributed by atoms with van der Waals surface area (Å²) in [6.45, 7) is 3.97. The number of aryl methyl sites for hydroxylation is 2. The standard InChI is InChI=1S/C17H16N4O/c1-12-6-7-13(2)16(10-12)19-17(22)14-4-3-5-15(11-14)21-9-8-18-20-21/h3-11H,1-2H3,(H,19,22). The number of carbonyl (C=O) groups is 1. The zero-order valence-corrected chi connectivity index (χ0v) is 12.4. The molecule has 3 aromatic rings. The summed E-state index contributed by atoms with van der Waals surface area (Å²) in [7, 11) is 0. The number of rotatable bonds is 3. The highest BCUT2D eigenvalue weighted by Gasteiger charge is 2.09. The molecule has 5 nitrogen and oxygen atoms in total. The Morgan fingerprint density at radius 1 is 1.14 bits per heavy atom. The van der Waals surface area contributed by atoms with Crippen molar-refractivity contribution in [3.05, 3.63) is 71.5 Å². The third-order valence-corrected chi connectivity index (χ3v) is 3.44. The van der Waals surface area contributed by atoms with E-state index in [-0.39, 0.29) is 5.91 Å². The van der Waals surface area contributed by atoms with Crippen LogP contribution in [0.3, 0.4) is 0 Å².